The van der Waals surface area contributed by atoms with Gasteiger partial charge in [-0.3, -0.25) is 14.9 Å². The predicted octanol–water partition coefficient (Wildman–Crippen LogP) is 4.95. The van der Waals surface area contributed by atoms with E-state index in [9.17, 15) is 14.9 Å². The van der Waals surface area contributed by atoms with Gasteiger partial charge in [0, 0.05) is 22.2 Å². The third-order valence-corrected chi connectivity index (χ3v) is 7.49. The van der Waals surface area contributed by atoms with Crippen LogP contribution in [0, 0.1) is 13.7 Å². The van der Waals surface area contributed by atoms with E-state index in [0.717, 1.165) is 20.3 Å². The molecule has 0 fully saturated rings. The lowest BCUT2D eigenvalue weighted by Crippen LogP contribution is -2.41. The van der Waals surface area contributed by atoms with E-state index in [0.29, 0.717) is 41.5 Å². The zero-order valence-electron chi connectivity index (χ0n) is 20.9. The number of ether oxygens (including phenoxy) is 4. The van der Waals surface area contributed by atoms with Crippen LogP contribution in [0.5, 0.6) is 23.0 Å². The average molecular weight is 618 g/mol. The SMILES string of the molecule is COc1cc(I)c(CC(=O)N2CCc3cc(OC)c(OC)cc3C2c2cccc([N+](=O)[O-])c2)cc1OC. The number of non-ortho nitro benzene ring substituents is 1. The third kappa shape index (κ3) is 5.29. The summed E-state index contributed by atoms with van der Waals surface area (Å²) in [6.45, 7) is 0.443. The monoisotopic (exact) mass is 618 g/mol. The van der Waals surface area contributed by atoms with Crippen molar-refractivity contribution in [2.24, 2.45) is 0 Å². The number of nitro benzene ring substituents is 1. The molecule has 1 atom stereocenters. The molecule has 4 rings (SSSR count). The van der Waals surface area contributed by atoms with Crippen LogP contribution in [0.3, 0.4) is 0 Å². The second kappa shape index (κ2) is 11.2. The smallest absolute Gasteiger partial charge is 0.269 e. The number of hydrogen-bond acceptors (Lipinski definition) is 7. The highest BCUT2D eigenvalue weighted by Gasteiger charge is 2.34. The molecule has 0 bridgehead atoms. The Hall–Kier alpha value is -3.54. The predicted molar refractivity (Wildman–Crippen MR) is 146 cm³/mol. The number of methoxy groups -OCH3 is 4. The molecule has 0 saturated heterocycles. The largest absolute Gasteiger partial charge is 0.493 e. The molecule has 0 N–H and O–H groups in total. The van der Waals surface area contributed by atoms with Crippen LogP contribution in [-0.4, -0.2) is 50.7 Å². The maximum Gasteiger partial charge on any atom is 0.269 e. The Bertz CT molecular complexity index is 1340. The lowest BCUT2D eigenvalue weighted by Gasteiger charge is -2.38. The summed E-state index contributed by atoms with van der Waals surface area (Å²) in [6.07, 6.45) is 0.739. The molecule has 0 radical (unpaired) electrons. The van der Waals surface area contributed by atoms with E-state index >= 15 is 0 Å². The van der Waals surface area contributed by atoms with E-state index in [1.165, 1.54) is 12.1 Å². The van der Waals surface area contributed by atoms with E-state index in [2.05, 4.69) is 22.6 Å². The number of carbonyl (C=O) groups excluding carboxylic acids is 1. The molecule has 1 aliphatic heterocycles. The third-order valence-electron chi connectivity index (χ3n) is 6.49. The van der Waals surface area contributed by atoms with Crippen LogP contribution >= 0.6 is 22.6 Å². The molecule has 1 amide bonds. The van der Waals surface area contributed by atoms with Gasteiger partial charge in [-0.05, 0) is 75.5 Å². The molecule has 0 aliphatic carbocycles. The summed E-state index contributed by atoms with van der Waals surface area (Å²) in [5, 5.41) is 11.5. The molecule has 1 unspecified atom stereocenters. The van der Waals surface area contributed by atoms with Crippen LogP contribution < -0.4 is 18.9 Å². The van der Waals surface area contributed by atoms with Crippen molar-refractivity contribution in [3.8, 4) is 23.0 Å². The number of carbonyl (C=O) groups is 1. The van der Waals surface area contributed by atoms with Gasteiger partial charge in [0.05, 0.1) is 45.8 Å². The van der Waals surface area contributed by atoms with E-state index in [1.54, 1.807) is 39.4 Å². The summed E-state index contributed by atoms with van der Waals surface area (Å²) in [5.41, 5.74) is 3.27. The van der Waals surface area contributed by atoms with Gasteiger partial charge in [0.2, 0.25) is 5.91 Å². The van der Waals surface area contributed by atoms with Gasteiger partial charge < -0.3 is 23.8 Å². The van der Waals surface area contributed by atoms with Crippen molar-refractivity contribution in [1.29, 1.82) is 0 Å². The van der Waals surface area contributed by atoms with Crippen molar-refractivity contribution in [2.45, 2.75) is 18.9 Å². The minimum Gasteiger partial charge on any atom is -0.493 e. The summed E-state index contributed by atoms with van der Waals surface area (Å²) in [5.74, 6) is 2.15. The summed E-state index contributed by atoms with van der Waals surface area (Å²) in [4.78, 5) is 26.7. The Morgan fingerprint density at radius 1 is 0.973 bits per heavy atom. The molecule has 3 aromatic carbocycles. The lowest BCUT2D eigenvalue weighted by atomic mass is 9.87. The number of rotatable bonds is 8. The van der Waals surface area contributed by atoms with Crippen LogP contribution in [0.1, 0.15) is 28.3 Å². The van der Waals surface area contributed by atoms with Gasteiger partial charge in [0.25, 0.3) is 5.69 Å². The van der Waals surface area contributed by atoms with Crippen molar-refractivity contribution < 1.29 is 28.7 Å². The van der Waals surface area contributed by atoms with Crippen LogP contribution in [0.2, 0.25) is 0 Å². The number of hydrogen-bond donors (Lipinski definition) is 0. The zero-order valence-corrected chi connectivity index (χ0v) is 23.1. The number of nitro groups is 1. The van der Waals surface area contributed by atoms with Gasteiger partial charge in [-0.1, -0.05) is 12.1 Å². The fraction of sp³-hybridized carbons (Fsp3) is 0.296. The topological polar surface area (TPSA) is 100 Å². The maximum absolute atomic E-state index is 13.8. The molecule has 9 nitrogen and oxygen atoms in total. The highest BCUT2D eigenvalue weighted by Crippen LogP contribution is 2.42. The zero-order chi connectivity index (χ0) is 26.7. The Kier molecular flexibility index (Phi) is 8.06. The molecule has 194 valence electrons. The molecule has 0 aromatic heterocycles. The molecular formula is C27H27IN2O7. The van der Waals surface area contributed by atoms with Crippen LogP contribution in [0.25, 0.3) is 0 Å². The molecule has 10 heteroatoms. The lowest BCUT2D eigenvalue weighted by molar-refractivity contribution is -0.384. The van der Waals surface area contributed by atoms with Gasteiger partial charge in [-0.2, -0.15) is 0 Å². The highest BCUT2D eigenvalue weighted by atomic mass is 127. The minimum atomic E-state index is -0.534. The molecule has 1 aliphatic rings. The second-order valence-electron chi connectivity index (χ2n) is 8.47. The molecular weight excluding hydrogens is 591 g/mol. The van der Waals surface area contributed by atoms with Gasteiger partial charge in [0.15, 0.2) is 23.0 Å². The Labute approximate surface area is 228 Å². The fourth-order valence-electron chi connectivity index (χ4n) is 4.68. The first-order valence-corrected chi connectivity index (χ1v) is 12.6. The number of benzene rings is 3. The van der Waals surface area contributed by atoms with Crippen LogP contribution in [0.4, 0.5) is 5.69 Å². The highest BCUT2D eigenvalue weighted by molar-refractivity contribution is 14.1. The first kappa shape index (κ1) is 26.5. The number of halogens is 1. The quantitative estimate of drug-likeness (QED) is 0.200. The first-order valence-electron chi connectivity index (χ1n) is 11.5. The van der Waals surface area contributed by atoms with Crippen molar-refractivity contribution >= 4 is 34.2 Å². The van der Waals surface area contributed by atoms with Crippen molar-refractivity contribution in [3.05, 3.63) is 84.5 Å². The number of nitrogens with zero attached hydrogens (tertiary/aromatic N) is 2. The molecule has 37 heavy (non-hydrogen) atoms. The molecule has 3 aromatic rings. The molecule has 0 saturated carbocycles. The summed E-state index contributed by atoms with van der Waals surface area (Å²) >= 11 is 2.18. The van der Waals surface area contributed by atoms with Gasteiger partial charge >= 0.3 is 0 Å². The minimum absolute atomic E-state index is 0.0352. The summed E-state index contributed by atoms with van der Waals surface area (Å²) in [6, 6.07) is 13.3. The van der Waals surface area contributed by atoms with Gasteiger partial charge in [-0.25, -0.2) is 0 Å². The fourth-order valence-corrected chi connectivity index (χ4v) is 5.31. The van der Waals surface area contributed by atoms with Crippen LogP contribution in [0.15, 0.2) is 48.5 Å². The second-order valence-corrected chi connectivity index (χ2v) is 9.64. The molecule has 1 heterocycles. The van der Waals surface area contributed by atoms with Crippen molar-refractivity contribution in [1.82, 2.24) is 4.90 Å². The first-order chi connectivity index (χ1) is 17.8. The number of fused-ring (bicyclic) bond motifs is 1. The Balaban J connectivity index is 1.79. The van der Waals surface area contributed by atoms with Crippen molar-refractivity contribution in [2.75, 3.05) is 35.0 Å². The van der Waals surface area contributed by atoms with E-state index in [4.69, 9.17) is 18.9 Å². The van der Waals surface area contributed by atoms with Crippen LogP contribution in [-0.2, 0) is 17.6 Å². The van der Waals surface area contributed by atoms with E-state index < -0.39 is 11.0 Å². The normalized spacial score (nSPS) is 14.5. The van der Waals surface area contributed by atoms with E-state index in [1.807, 2.05) is 30.3 Å². The number of amides is 1. The van der Waals surface area contributed by atoms with Crippen molar-refractivity contribution in [3.63, 3.8) is 0 Å². The Morgan fingerprint density at radius 3 is 2.24 bits per heavy atom. The van der Waals surface area contributed by atoms with E-state index in [-0.39, 0.29) is 18.0 Å². The summed E-state index contributed by atoms with van der Waals surface area (Å²) in [7, 11) is 6.25. The Morgan fingerprint density at radius 2 is 1.59 bits per heavy atom. The van der Waals surface area contributed by atoms with Gasteiger partial charge in [0.1, 0.15) is 0 Å². The van der Waals surface area contributed by atoms with Gasteiger partial charge in [-0.15, -0.1) is 0 Å². The maximum atomic E-state index is 13.8. The standard InChI is InChI=1S/C27H27IN2O7/c1-34-22-11-16-8-9-29(26(31)13-18-12-23(35-2)25(37-4)15-21(18)28)27(20(16)14-24(22)36-3)17-6-5-7-19(10-17)30(32)33/h5-7,10-12,14-15,27H,8-9,13H2,1-4H3. The average Bonchev–Trinajstić information content (AvgIpc) is 2.92. The molecule has 0 spiro atoms. The summed E-state index contributed by atoms with van der Waals surface area (Å²) < 4.78 is 22.7.